The standard InChI is InChI=1S/C16H16Cl2N4O/c1-9-8-21(2)15(23)11-5-4-10(6-13(11)22(9)3)14-12(17)7-19-16(18)20-14/h4-7,9H,8H2,1-3H3. The summed E-state index contributed by atoms with van der Waals surface area (Å²) in [5.74, 6) is 0.00886. The van der Waals surface area contributed by atoms with Crippen LogP contribution < -0.4 is 4.90 Å². The van der Waals surface area contributed by atoms with E-state index in [4.69, 9.17) is 23.2 Å². The van der Waals surface area contributed by atoms with Gasteiger partial charge in [-0.05, 0) is 30.7 Å². The van der Waals surface area contributed by atoms with Crippen LogP contribution in [0.1, 0.15) is 17.3 Å². The lowest BCUT2D eigenvalue weighted by Gasteiger charge is -2.26. The molecule has 1 aliphatic rings. The SMILES string of the molecule is CC1CN(C)C(=O)c2ccc(-c3nc(Cl)ncc3Cl)cc2N1C. The summed E-state index contributed by atoms with van der Waals surface area (Å²) in [5, 5.41) is 0.555. The van der Waals surface area contributed by atoms with Gasteiger partial charge in [-0.25, -0.2) is 9.97 Å². The van der Waals surface area contributed by atoms with Crippen LogP contribution in [0.15, 0.2) is 24.4 Å². The van der Waals surface area contributed by atoms with Crippen LogP contribution in [0.3, 0.4) is 0 Å². The Balaban J connectivity index is 2.16. The van der Waals surface area contributed by atoms with E-state index in [1.807, 2.05) is 32.3 Å². The van der Waals surface area contributed by atoms with Crippen LogP contribution in [0.4, 0.5) is 5.69 Å². The summed E-state index contributed by atoms with van der Waals surface area (Å²) in [6.07, 6.45) is 1.48. The molecular formula is C16H16Cl2N4O. The van der Waals surface area contributed by atoms with Crippen molar-refractivity contribution in [3.05, 3.63) is 40.3 Å². The molecule has 0 N–H and O–H groups in total. The van der Waals surface area contributed by atoms with Gasteiger partial charge in [-0.3, -0.25) is 4.79 Å². The minimum atomic E-state index is 0.00886. The monoisotopic (exact) mass is 350 g/mol. The third-order valence-electron chi connectivity index (χ3n) is 4.14. The first-order chi connectivity index (χ1) is 10.9. The van der Waals surface area contributed by atoms with Crippen molar-refractivity contribution in [2.75, 3.05) is 25.5 Å². The van der Waals surface area contributed by atoms with E-state index in [-0.39, 0.29) is 17.2 Å². The zero-order valence-electron chi connectivity index (χ0n) is 13.0. The van der Waals surface area contributed by atoms with Crippen LogP contribution in [-0.4, -0.2) is 47.5 Å². The van der Waals surface area contributed by atoms with Crippen molar-refractivity contribution in [1.82, 2.24) is 14.9 Å². The summed E-state index contributed by atoms with van der Waals surface area (Å²) in [6.45, 7) is 2.75. The molecule has 1 amide bonds. The van der Waals surface area contributed by atoms with Crippen molar-refractivity contribution in [3.8, 4) is 11.3 Å². The largest absolute Gasteiger partial charge is 0.369 e. The van der Waals surface area contributed by atoms with Crippen molar-refractivity contribution in [3.63, 3.8) is 0 Å². The van der Waals surface area contributed by atoms with Crippen LogP contribution in [0.25, 0.3) is 11.3 Å². The first-order valence-electron chi connectivity index (χ1n) is 7.19. The summed E-state index contributed by atoms with van der Waals surface area (Å²) in [6, 6.07) is 5.77. The molecule has 0 saturated heterocycles. The molecule has 1 aliphatic heterocycles. The number of rotatable bonds is 1. The molecule has 1 unspecified atom stereocenters. The smallest absolute Gasteiger partial charge is 0.255 e. The number of carbonyl (C=O) groups excluding carboxylic acids is 1. The number of likely N-dealkylation sites (N-methyl/N-ethyl adjacent to an activating group) is 2. The number of hydrogen-bond acceptors (Lipinski definition) is 4. The molecule has 0 aliphatic carbocycles. The van der Waals surface area contributed by atoms with E-state index >= 15 is 0 Å². The summed E-state index contributed by atoms with van der Waals surface area (Å²) in [7, 11) is 3.80. The Morgan fingerprint density at radius 3 is 2.74 bits per heavy atom. The van der Waals surface area contributed by atoms with Crippen LogP contribution in [-0.2, 0) is 0 Å². The number of halogens is 2. The van der Waals surface area contributed by atoms with E-state index in [9.17, 15) is 4.79 Å². The van der Waals surface area contributed by atoms with Gasteiger partial charge in [0.05, 0.1) is 28.2 Å². The Bertz CT molecular complexity index is 781. The fourth-order valence-corrected chi connectivity index (χ4v) is 3.08. The zero-order chi connectivity index (χ0) is 16.7. The first kappa shape index (κ1) is 16.0. The predicted molar refractivity (Wildman–Crippen MR) is 92.3 cm³/mol. The van der Waals surface area contributed by atoms with Crippen molar-refractivity contribution in [1.29, 1.82) is 0 Å². The normalized spacial score (nSPS) is 18.0. The second-order valence-corrected chi connectivity index (χ2v) is 6.46. The molecule has 0 fully saturated rings. The van der Waals surface area contributed by atoms with Crippen LogP contribution in [0.5, 0.6) is 0 Å². The average molecular weight is 351 g/mol. The fourth-order valence-electron chi connectivity index (χ4n) is 2.74. The lowest BCUT2D eigenvalue weighted by molar-refractivity contribution is 0.0796. The molecule has 0 bridgehead atoms. The quantitative estimate of drug-likeness (QED) is 0.740. The molecule has 120 valence electrons. The molecule has 23 heavy (non-hydrogen) atoms. The predicted octanol–water partition coefficient (Wildman–Crippen LogP) is 3.36. The highest BCUT2D eigenvalue weighted by Gasteiger charge is 2.27. The molecule has 3 rings (SSSR count). The summed E-state index contributed by atoms with van der Waals surface area (Å²) >= 11 is 12.1. The van der Waals surface area contributed by atoms with Gasteiger partial charge in [0.15, 0.2) is 0 Å². The Morgan fingerprint density at radius 2 is 2.00 bits per heavy atom. The molecule has 0 spiro atoms. The summed E-state index contributed by atoms with van der Waals surface area (Å²) < 4.78 is 0. The third kappa shape index (κ3) is 2.86. The number of fused-ring (bicyclic) bond motifs is 1. The van der Waals surface area contributed by atoms with Gasteiger partial charge in [0.2, 0.25) is 5.28 Å². The summed E-state index contributed by atoms with van der Waals surface area (Å²) in [5.41, 5.74) is 2.88. The number of anilines is 1. The van der Waals surface area contributed by atoms with Crippen molar-refractivity contribution < 1.29 is 4.79 Å². The van der Waals surface area contributed by atoms with Crippen molar-refractivity contribution in [2.24, 2.45) is 0 Å². The minimum Gasteiger partial charge on any atom is -0.369 e. The van der Waals surface area contributed by atoms with Gasteiger partial charge in [-0.1, -0.05) is 17.7 Å². The molecule has 2 aromatic rings. The van der Waals surface area contributed by atoms with Crippen LogP contribution >= 0.6 is 23.2 Å². The van der Waals surface area contributed by atoms with Gasteiger partial charge in [0.1, 0.15) is 0 Å². The topological polar surface area (TPSA) is 49.3 Å². The average Bonchev–Trinajstić information content (AvgIpc) is 2.61. The molecule has 1 aromatic carbocycles. The molecule has 7 heteroatoms. The number of nitrogens with zero attached hydrogens (tertiary/aromatic N) is 4. The highest BCUT2D eigenvalue weighted by atomic mass is 35.5. The number of benzene rings is 1. The Morgan fingerprint density at radius 1 is 1.26 bits per heavy atom. The lowest BCUT2D eigenvalue weighted by atomic mass is 10.0. The maximum atomic E-state index is 12.5. The van der Waals surface area contributed by atoms with Crippen molar-refractivity contribution in [2.45, 2.75) is 13.0 Å². The minimum absolute atomic E-state index is 0.00886. The van der Waals surface area contributed by atoms with Gasteiger partial charge < -0.3 is 9.80 Å². The van der Waals surface area contributed by atoms with E-state index in [2.05, 4.69) is 21.8 Å². The second-order valence-electron chi connectivity index (χ2n) is 5.71. The number of aromatic nitrogens is 2. The highest BCUT2D eigenvalue weighted by molar-refractivity contribution is 6.33. The molecule has 0 radical (unpaired) electrons. The Labute approximate surface area is 144 Å². The van der Waals surface area contributed by atoms with Gasteiger partial charge in [0, 0.05) is 32.2 Å². The van der Waals surface area contributed by atoms with Gasteiger partial charge >= 0.3 is 0 Å². The maximum absolute atomic E-state index is 12.5. The van der Waals surface area contributed by atoms with Crippen molar-refractivity contribution >= 4 is 34.8 Å². The molecule has 1 aromatic heterocycles. The van der Waals surface area contributed by atoms with E-state index in [0.717, 1.165) is 11.3 Å². The molecular weight excluding hydrogens is 335 g/mol. The molecule has 0 saturated carbocycles. The first-order valence-corrected chi connectivity index (χ1v) is 7.95. The highest BCUT2D eigenvalue weighted by Crippen LogP contribution is 2.33. The van der Waals surface area contributed by atoms with E-state index in [1.165, 1.54) is 6.20 Å². The molecule has 1 atom stereocenters. The number of hydrogen-bond donors (Lipinski definition) is 0. The van der Waals surface area contributed by atoms with E-state index in [1.54, 1.807) is 4.90 Å². The summed E-state index contributed by atoms with van der Waals surface area (Å²) in [4.78, 5) is 24.4. The van der Waals surface area contributed by atoms with Crippen LogP contribution in [0, 0.1) is 0 Å². The Kier molecular flexibility index (Phi) is 4.17. The van der Waals surface area contributed by atoms with E-state index in [0.29, 0.717) is 22.8 Å². The zero-order valence-corrected chi connectivity index (χ0v) is 14.6. The lowest BCUT2D eigenvalue weighted by Crippen LogP contribution is -2.37. The number of amides is 1. The molecule has 5 nitrogen and oxygen atoms in total. The molecule has 2 heterocycles. The maximum Gasteiger partial charge on any atom is 0.255 e. The van der Waals surface area contributed by atoms with Gasteiger partial charge in [-0.15, -0.1) is 0 Å². The van der Waals surface area contributed by atoms with Gasteiger partial charge in [0.25, 0.3) is 5.91 Å². The Hall–Kier alpha value is -1.85. The third-order valence-corrected chi connectivity index (χ3v) is 4.60. The fraction of sp³-hybridized carbons (Fsp3) is 0.312. The second kappa shape index (κ2) is 5.98. The van der Waals surface area contributed by atoms with E-state index < -0.39 is 0 Å². The van der Waals surface area contributed by atoms with Gasteiger partial charge in [-0.2, -0.15) is 0 Å². The van der Waals surface area contributed by atoms with Crippen LogP contribution in [0.2, 0.25) is 10.3 Å². The number of carbonyl (C=O) groups is 1.